The van der Waals surface area contributed by atoms with Crippen LogP contribution in [-0.2, 0) is 0 Å². The largest absolute Gasteiger partial charge is 0.396 e. The first kappa shape index (κ1) is 27.4. The minimum atomic E-state index is -1.20. The molecule has 0 aliphatic heterocycles. The molecule has 1 saturated carbocycles. The standard InChI is InChI=1S/C29H21Cl2F2N5O2/c1-14(11-36-27(35-2)15-6-7-15)16-10-17-18(26(39)24-21(32)8-9-22(34)25(24)33)13-38(28(17)37-12-16)29(40)23-19(30)4-3-5-20(23)31/h3-5,8-13,15H,2,6-7,34H2,1H3/b14-11+,36-27?. The number of nitrogen functional groups attached to an aromatic ring is 1. The van der Waals surface area contributed by atoms with Crippen molar-refractivity contribution >= 4 is 69.7 Å². The van der Waals surface area contributed by atoms with Crippen molar-refractivity contribution in [2.75, 3.05) is 5.73 Å². The molecule has 0 unspecified atom stereocenters. The van der Waals surface area contributed by atoms with E-state index >= 15 is 0 Å². The maximum Gasteiger partial charge on any atom is 0.266 e. The first-order valence-electron chi connectivity index (χ1n) is 12.1. The number of benzene rings is 2. The molecule has 1 aliphatic rings. The number of hydrogen-bond acceptors (Lipinski definition) is 5. The Kier molecular flexibility index (Phi) is 7.35. The highest BCUT2D eigenvalue weighted by Crippen LogP contribution is 2.33. The summed E-state index contributed by atoms with van der Waals surface area (Å²) in [7, 11) is 0. The molecule has 202 valence electrons. The molecular formula is C29H21Cl2F2N5O2. The van der Waals surface area contributed by atoms with Gasteiger partial charge in [0.2, 0.25) is 5.78 Å². The van der Waals surface area contributed by atoms with E-state index in [9.17, 15) is 18.4 Å². The molecule has 1 aliphatic carbocycles. The molecule has 0 atom stereocenters. The zero-order valence-electron chi connectivity index (χ0n) is 21.1. The molecule has 7 nitrogen and oxygen atoms in total. The van der Waals surface area contributed by atoms with Gasteiger partial charge in [-0.05, 0) is 68.0 Å². The summed E-state index contributed by atoms with van der Waals surface area (Å²) in [6.45, 7) is 5.35. The van der Waals surface area contributed by atoms with E-state index in [4.69, 9.17) is 28.9 Å². The second-order valence-electron chi connectivity index (χ2n) is 9.30. The lowest BCUT2D eigenvalue weighted by Crippen LogP contribution is -2.13. The van der Waals surface area contributed by atoms with Crippen molar-refractivity contribution in [2.45, 2.75) is 19.8 Å². The molecule has 40 heavy (non-hydrogen) atoms. The van der Waals surface area contributed by atoms with Gasteiger partial charge in [0.05, 0.1) is 32.4 Å². The summed E-state index contributed by atoms with van der Waals surface area (Å²) in [4.78, 5) is 40.0. The summed E-state index contributed by atoms with van der Waals surface area (Å²) in [5.41, 5.74) is 5.45. The van der Waals surface area contributed by atoms with E-state index in [-0.39, 0.29) is 38.1 Å². The van der Waals surface area contributed by atoms with Crippen LogP contribution in [0.1, 0.15) is 51.6 Å². The Hall–Kier alpha value is -4.21. The van der Waals surface area contributed by atoms with Gasteiger partial charge in [-0.25, -0.2) is 23.7 Å². The Morgan fingerprint density at radius 1 is 1.15 bits per heavy atom. The second kappa shape index (κ2) is 10.7. The SMILES string of the molecule is C=NC(=N/C=C(\C)c1cnc2c(c1)c(C(=O)c1c(F)ccc(N)c1F)cn2C(=O)c1c(Cl)cccc1Cl)C1CC1. The minimum Gasteiger partial charge on any atom is -0.396 e. The minimum absolute atomic E-state index is 0.0242. The van der Waals surface area contributed by atoms with Gasteiger partial charge in [-0.15, -0.1) is 0 Å². The average Bonchev–Trinajstić information content (AvgIpc) is 3.70. The summed E-state index contributed by atoms with van der Waals surface area (Å²) in [5, 5.41) is 0.327. The average molecular weight is 580 g/mol. The van der Waals surface area contributed by atoms with Crippen molar-refractivity contribution < 1.29 is 18.4 Å². The van der Waals surface area contributed by atoms with E-state index in [2.05, 4.69) is 21.7 Å². The number of nitrogens with zero attached hydrogens (tertiary/aromatic N) is 4. The Balaban J connectivity index is 1.70. The lowest BCUT2D eigenvalue weighted by molar-refractivity contribution is 0.0964. The van der Waals surface area contributed by atoms with Crippen LogP contribution in [-0.4, -0.2) is 33.8 Å². The number of carbonyl (C=O) groups is 2. The van der Waals surface area contributed by atoms with E-state index in [1.54, 1.807) is 25.3 Å². The third-order valence-corrected chi connectivity index (χ3v) is 7.21. The molecular weight excluding hydrogens is 559 g/mol. The summed E-state index contributed by atoms with van der Waals surface area (Å²) < 4.78 is 30.7. The topological polar surface area (TPSA) is 103 Å². The van der Waals surface area contributed by atoms with Gasteiger partial charge in [0.25, 0.3) is 5.91 Å². The van der Waals surface area contributed by atoms with Crippen LogP contribution in [0, 0.1) is 17.6 Å². The van der Waals surface area contributed by atoms with E-state index < -0.39 is 34.6 Å². The quantitative estimate of drug-likeness (QED) is 0.115. The number of nitrogens with two attached hydrogens (primary N) is 1. The van der Waals surface area contributed by atoms with Gasteiger partial charge >= 0.3 is 0 Å². The summed E-state index contributed by atoms with van der Waals surface area (Å²) in [6, 6.07) is 8.08. The molecule has 4 aromatic rings. The first-order valence-corrected chi connectivity index (χ1v) is 12.9. The zero-order chi connectivity index (χ0) is 28.7. The first-order chi connectivity index (χ1) is 19.1. The summed E-state index contributed by atoms with van der Waals surface area (Å²) >= 11 is 12.5. The van der Waals surface area contributed by atoms with Crippen molar-refractivity contribution in [2.24, 2.45) is 15.9 Å². The van der Waals surface area contributed by atoms with Crippen molar-refractivity contribution in [3.63, 3.8) is 0 Å². The van der Waals surface area contributed by atoms with Crippen LogP contribution in [0.25, 0.3) is 16.6 Å². The van der Waals surface area contributed by atoms with E-state index in [0.29, 0.717) is 17.0 Å². The highest BCUT2D eigenvalue weighted by Gasteiger charge is 2.28. The molecule has 0 radical (unpaired) electrons. The maximum atomic E-state index is 14.9. The Morgan fingerprint density at radius 3 is 2.50 bits per heavy atom. The number of ketones is 1. The number of halogens is 4. The normalized spacial score (nSPS) is 14.0. The number of aliphatic imine (C=N–C) groups is 2. The molecule has 2 aromatic heterocycles. The van der Waals surface area contributed by atoms with Crippen LogP contribution in [0.2, 0.25) is 10.0 Å². The van der Waals surface area contributed by atoms with Crippen LogP contribution in [0.4, 0.5) is 14.5 Å². The Bertz CT molecular complexity index is 1770. The van der Waals surface area contributed by atoms with Gasteiger partial charge in [0.15, 0.2) is 5.82 Å². The monoisotopic (exact) mass is 579 g/mol. The summed E-state index contributed by atoms with van der Waals surface area (Å²) in [6.07, 6.45) is 6.26. The fraction of sp³-hybridized carbons (Fsp3) is 0.138. The molecule has 0 spiro atoms. The van der Waals surface area contributed by atoms with Crippen LogP contribution in [0.15, 0.2) is 65.0 Å². The molecule has 5 rings (SSSR count). The molecule has 0 amide bonds. The number of pyridine rings is 1. The maximum absolute atomic E-state index is 14.9. The molecule has 2 aromatic carbocycles. The molecule has 1 fully saturated rings. The fourth-order valence-electron chi connectivity index (χ4n) is 4.25. The van der Waals surface area contributed by atoms with Gasteiger partial charge < -0.3 is 5.73 Å². The van der Waals surface area contributed by atoms with E-state index in [1.807, 2.05) is 0 Å². The van der Waals surface area contributed by atoms with Crippen molar-refractivity contribution in [1.29, 1.82) is 0 Å². The number of aromatic nitrogens is 2. The predicted octanol–water partition coefficient (Wildman–Crippen LogP) is 6.99. The van der Waals surface area contributed by atoms with Crippen LogP contribution >= 0.6 is 23.2 Å². The number of rotatable bonds is 6. The third kappa shape index (κ3) is 4.94. The van der Waals surface area contributed by atoms with Gasteiger partial charge in [-0.1, -0.05) is 29.3 Å². The number of allylic oxidation sites excluding steroid dienone is 1. The zero-order valence-corrected chi connectivity index (χ0v) is 22.6. The van der Waals surface area contributed by atoms with E-state index in [1.165, 1.54) is 18.3 Å². The van der Waals surface area contributed by atoms with Crippen LogP contribution in [0.3, 0.4) is 0 Å². The molecule has 2 N–H and O–H groups in total. The van der Waals surface area contributed by atoms with Crippen molar-refractivity contribution in [3.8, 4) is 0 Å². The molecule has 2 heterocycles. The lowest BCUT2D eigenvalue weighted by Gasteiger charge is -2.08. The van der Waals surface area contributed by atoms with Crippen LogP contribution in [0.5, 0.6) is 0 Å². The smallest absolute Gasteiger partial charge is 0.266 e. The van der Waals surface area contributed by atoms with Gasteiger partial charge in [0, 0.05) is 29.9 Å². The van der Waals surface area contributed by atoms with Gasteiger partial charge in [-0.3, -0.25) is 14.2 Å². The van der Waals surface area contributed by atoms with Gasteiger partial charge in [0.1, 0.15) is 17.3 Å². The molecule has 0 saturated heterocycles. The summed E-state index contributed by atoms with van der Waals surface area (Å²) in [5.74, 6) is -3.09. The lowest BCUT2D eigenvalue weighted by atomic mass is 10.00. The van der Waals surface area contributed by atoms with E-state index in [0.717, 1.165) is 35.7 Å². The van der Waals surface area contributed by atoms with Gasteiger partial charge in [-0.2, -0.15) is 0 Å². The number of carbonyl (C=O) groups excluding carboxylic acids is 2. The van der Waals surface area contributed by atoms with Crippen LogP contribution < -0.4 is 5.73 Å². The number of amidine groups is 1. The molecule has 11 heteroatoms. The highest BCUT2D eigenvalue weighted by molar-refractivity contribution is 6.40. The fourth-order valence-corrected chi connectivity index (χ4v) is 4.81. The Morgan fingerprint density at radius 2 is 1.85 bits per heavy atom. The number of hydrogen-bond donors (Lipinski definition) is 1. The number of anilines is 1. The predicted molar refractivity (Wildman–Crippen MR) is 153 cm³/mol. The van der Waals surface area contributed by atoms with Crippen molar-refractivity contribution in [1.82, 2.24) is 9.55 Å². The Labute approximate surface area is 237 Å². The third-order valence-electron chi connectivity index (χ3n) is 6.58. The molecule has 0 bridgehead atoms. The second-order valence-corrected chi connectivity index (χ2v) is 10.1. The highest BCUT2D eigenvalue weighted by atomic mass is 35.5. The van der Waals surface area contributed by atoms with Crippen molar-refractivity contribution in [3.05, 3.63) is 98.9 Å². The number of fused-ring (bicyclic) bond motifs is 1.